The van der Waals surface area contributed by atoms with Crippen LogP contribution in [-0.4, -0.2) is 23.5 Å². The van der Waals surface area contributed by atoms with E-state index in [-0.39, 0.29) is 17.7 Å². The molecule has 120 valence electrons. The number of carboxylic acid groups (broad SMARTS) is 1. The zero-order valence-corrected chi connectivity index (χ0v) is 14.2. The lowest BCUT2D eigenvalue weighted by Gasteiger charge is -2.16. The smallest absolute Gasteiger partial charge is 0.303 e. The van der Waals surface area contributed by atoms with Crippen molar-refractivity contribution in [2.75, 3.05) is 6.54 Å². The van der Waals surface area contributed by atoms with Gasteiger partial charge < -0.3 is 10.4 Å². The van der Waals surface area contributed by atoms with E-state index in [2.05, 4.69) is 21.2 Å². The fourth-order valence-corrected chi connectivity index (χ4v) is 2.93. The lowest BCUT2D eigenvalue weighted by atomic mass is 9.95. The molecular weight excluding hydrogens is 346 g/mol. The molecule has 1 fully saturated rings. The summed E-state index contributed by atoms with van der Waals surface area (Å²) in [6.07, 6.45) is 5.55. The Hall–Kier alpha value is -1.36. The number of carbonyl (C=O) groups is 2. The van der Waals surface area contributed by atoms with E-state index in [4.69, 9.17) is 5.11 Å². The van der Waals surface area contributed by atoms with Crippen molar-refractivity contribution in [2.24, 2.45) is 0 Å². The summed E-state index contributed by atoms with van der Waals surface area (Å²) in [5.74, 6) is -0.612. The molecule has 2 rings (SSSR count). The highest BCUT2D eigenvalue weighted by Gasteiger charge is 2.50. The van der Waals surface area contributed by atoms with Crippen LogP contribution >= 0.6 is 15.9 Å². The number of amides is 1. The molecule has 0 aromatic heterocycles. The molecule has 0 heterocycles. The van der Waals surface area contributed by atoms with Gasteiger partial charge in [-0.1, -0.05) is 40.9 Å². The van der Waals surface area contributed by atoms with Crippen molar-refractivity contribution in [2.45, 2.75) is 50.4 Å². The van der Waals surface area contributed by atoms with Gasteiger partial charge in [0.1, 0.15) is 0 Å². The number of hydrogen-bond donors (Lipinski definition) is 2. The van der Waals surface area contributed by atoms with Crippen LogP contribution in [0.3, 0.4) is 0 Å². The van der Waals surface area contributed by atoms with E-state index < -0.39 is 5.97 Å². The molecule has 1 aromatic carbocycles. The van der Waals surface area contributed by atoms with Crippen molar-refractivity contribution in [1.29, 1.82) is 0 Å². The number of carbonyl (C=O) groups excluding carboxylic acids is 1. The van der Waals surface area contributed by atoms with Crippen LogP contribution in [-0.2, 0) is 15.0 Å². The fraction of sp³-hybridized carbons (Fsp3) is 0.529. The fourth-order valence-electron chi connectivity index (χ4n) is 2.67. The third-order valence-electron chi connectivity index (χ3n) is 4.18. The molecule has 0 unspecified atom stereocenters. The molecule has 5 heteroatoms. The van der Waals surface area contributed by atoms with Crippen LogP contribution < -0.4 is 5.32 Å². The Labute approximate surface area is 139 Å². The number of rotatable bonds is 9. The van der Waals surface area contributed by atoms with E-state index in [9.17, 15) is 9.59 Å². The van der Waals surface area contributed by atoms with E-state index in [1.807, 2.05) is 24.3 Å². The summed E-state index contributed by atoms with van der Waals surface area (Å²) >= 11 is 3.41. The normalized spacial score (nSPS) is 15.3. The molecule has 2 N–H and O–H groups in total. The van der Waals surface area contributed by atoms with Crippen molar-refractivity contribution in [3.05, 3.63) is 34.3 Å². The maximum absolute atomic E-state index is 12.4. The molecule has 0 atom stereocenters. The van der Waals surface area contributed by atoms with Gasteiger partial charge in [0.15, 0.2) is 0 Å². The molecule has 0 spiro atoms. The first kappa shape index (κ1) is 17.0. The van der Waals surface area contributed by atoms with Crippen molar-refractivity contribution >= 4 is 27.8 Å². The van der Waals surface area contributed by atoms with Gasteiger partial charge in [0.05, 0.1) is 5.41 Å². The number of hydrogen-bond acceptors (Lipinski definition) is 2. The summed E-state index contributed by atoms with van der Waals surface area (Å²) in [7, 11) is 0. The average Bonchev–Trinajstić information content (AvgIpc) is 3.28. The number of halogens is 1. The molecular formula is C17H22BrNO3. The highest BCUT2D eigenvalue weighted by Crippen LogP contribution is 2.48. The molecule has 1 aromatic rings. The third-order valence-corrected chi connectivity index (χ3v) is 4.71. The number of benzene rings is 1. The molecule has 1 aliphatic rings. The topological polar surface area (TPSA) is 66.4 Å². The highest BCUT2D eigenvalue weighted by atomic mass is 79.9. The Bertz CT molecular complexity index is 523. The molecule has 0 saturated heterocycles. The Morgan fingerprint density at radius 2 is 1.73 bits per heavy atom. The minimum atomic E-state index is -0.738. The standard InChI is InChI=1S/C17H22BrNO3/c18-14-8-6-13(7-9-14)17(10-11-17)16(22)19-12-4-2-1-3-5-15(20)21/h6-9H,1-5,10-12H2,(H,19,22)(H,20,21). The SMILES string of the molecule is O=C(O)CCCCCCNC(=O)C1(c2ccc(Br)cc2)CC1. The quantitative estimate of drug-likeness (QED) is 0.654. The Balaban J connectivity index is 1.69. The minimum absolute atomic E-state index is 0.125. The van der Waals surface area contributed by atoms with E-state index in [1.165, 1.54) is 0 Å². The number of carboxylic acids is 1. The van der Waals surface area contributed by atoms with E-state index in [0.29, 0.717) is 13.0 Å². The van der Waals surface area contributed by atoms with Crippen LogP contribution in [0, 0.1) is 0 Å². The van der Waals surface area contributed by atoms with E-state index in [1.54, 1.807) is 0 Å². The summed E-state index contributed by atoms with van der Waals surface area (Å²) in [6, 6.07) is 7.99. The van der Waals surface area contributed by atoms with Crippen LogP contribution in [0.1, 0.15) is 50.5 Å². The first-order chi connectivity index (χ1) is 10.5. The first-order valence-corrected chi connectivity index (χ1v) is 8.60. The van der Waals surface area contributed by atoms with Crippen molar-refractivity contribution in [1.82, 2.24) is 5.32 Å². The summed E-state index contributed by atoms with van der Waals surface area (Å²) in [5.41, 5.74) is 0.777. The van der Waals surface area contributed by atoms with Crippen LogP contribution in [0.25, 0.3) is 0 Å². The Morgan fingerprint density at radius 3 is 2.32 bits per heavy atom. The van der Waals surface area contributed by atoms with Crippen LogP contribution in [0.15, 0.2) is 28.7 Å². The van der Waals surface area contributed by atoms with Crippen molar-refractivity contribution in [3.63, 3.8) is 0 Å². The van der Waals surface area contributed by atoms with Gasteiger partial charge in [-0.25, -0.2) is 0 Å². The Morgan fingerprint density at radius 1 is 1.09 bits per heavy atom. The largest absolute Gasteiger partial charge is 0.481 e. The monoisotopic (exact) mass is 367 g/mol. The van der Waals surface area contributed by atoms with Gasteiger partial charge >= 0.3 is 5.97 Å². The predicted molar refractivity (Wildman–Crippen MR) is 88.8 cm³/mol. The lowest BCUT2D eigenvalue weighted by Crippen LogP contribution is -2.35. The van der Waals surface area contributed by atoms with Gasteiger partial charge in [0, 0.05) is 17.4 Å². The molecule has 22 heavy (non-hydrogen) atoms. The van der Waals surface area contributed by atoms with Crippen LogP contribution in [0.4, 0.5) is 0 Å². The van der Waals surface area contributed by atoms with Crippen molar-refractivity contribution in [3.8, 4) is 0 Å². The van der Waals surface area contributed by atoms with E-state index in [0.717, 1.165) is 42.1 Å². The molecule has 1 saturated carbocycles. The van der Waals surface area contributed by atoms with Crippen LogP contribution in [0.5, 0.6) is 0 Å². The molecule has 0 radical (unpaired) electrons. The molecule has 1 amide bonds. The van der Waals surface area contributed by atoms with Gasteiger partial charge in [-0.2, -0.15) is 0 Å². The van der Waals surface area contributed by atoms with Crippen LogP contribution in [0.2, 0.25) is 0 Å². The summed E-state index contributed by atoms with van der Waals surface area (Å²) in [6.45, 7) is 0.671. The van der Waals surface area contributed by atoms with Gasteiger partial charge in [-0.3, -0.25) is 9.59 Å². The highest BCUT2D eigenvalue weighted by molar-refractivity contribution is 9.10. The van der Waals surface area contributed by atoms with Crippen molar-refractivity contribution < 1.29 is 14.7 Å². The summed E-state index contributed by atoms with van der Waals surface area (Å²) in [5, 5.41) is 11.6. The summed E-state index contributed by atoms with van der Waals surface area (Å²) < 4.78 is 1.02. The number of unbranched alkanes of at least 4 members (excludes halogenated alkanes) is 3. The van der Waals surface area contributed by atoms with Gasteiger partial charge in [0.2, 0.25) is 5.91 Å². The minimum Gasteiger partial charge on any atom is -0.481 e. The zero-order valence-electron chi connectivity index (χ0n) is 12.6. The molecule has 0 bridgehead atoms. The molecule has 0 aliphatic heterocycles. The van der Waals surface area contributed by atoms with E-state index >= 15 is 0 Å². The summed E-state index contributed by atoms with van der Waals surface area (Å²) in [4.78, 5) is 22.8. The molecule has 4 nitrogen and oxygen atoms in total. The third kappa shape index (κ3) is 4.57. The van der Waals surface area contributed by atoms with Gasteiger partial charge in [-0.05, 0) is 43.4 Å². The predicted octanol–water partition coefficient (Wildman–Crippen LogP) is 3.63. The zero-order chi connectivity index (χ0) is 16.0. The average molecular weight is 368 g/mol. The second kappa shape index (κ2) is 7.77. The van der Waals surface area contributed by atoms with Gasteiger partial charge in [-0.15, -0.1) is 0 Å². The Kier molecular flexibility index (Phi) is 6.00. The van der Waals surface area contributed by atoms with Gasteiger partial charge in [0.25, 0.3) is 0 Å². The second-order valence-electron chi connectivity index (χ2n) is 5.90. The number of nitrogens with one attached hydrogen (secondary N) is 1. The first-order valence-electron chi connectivity index (χ1n) is 7.81. The number of aliphatic carboxylic acids is 1. The second-order valence-corrected chi connectivity index (χ2v) is 6.82. The molecule has 1 aliphatic carbocycles. The maximum atomic E-state index is 12.4. The maximum Gasteiger partial charge on any atom is 0.303 e. The lowest BCUT2D eigenvalue weighted by molar-refractivity contribution is -0.137.